The average molecular weight is 426 g/mol. The molecule has 2 atom stereocenters. The summed E-state index contributed by atoms with van der Waals surface area (Å²) in [5.41, 5.74) is 0.200. The first-order valence-electron chi connectivity index (χ1n) is 10.0. The summed E-state index contributed by atoms with van der Waals surface area (Å²) in [7, 11) is 0. The zero-order valence-corrected chi connectivity index (χ0v) is 18.5. The monoisotopic (exact) mass is 426 g/mol. The lowest BCUT2D eigenvalue weighted by Crippen LogP contribution is -2.52. The lowest BCUT2D eigenvalue weighted by molar-refractivity contribution is -0.185. The number of hydrogen-bond donors (Lipinski definition) is 0. The van der Waals surface area contributed by atoms with Crippen LogP contribution in [-0.2, 0) is 19.1 Å². The quantitative estimate of drug-likeness (QED) is 0.407. The largest absolute Gasteiger partial charge is 0.483 e. The fraction of sp³-hybridized carbons (Fsp3) is 0.375. The lowest BCUT2D eigenvalue weighted by Gasteiger charge is -2.43. The molecule has 7 nitrogen and oxygen atoms in total. The van der Waals surface area contributed by atoms with Gasteiger partial charge >= 0.3 is 17.6 Å². The van der Waals surface area contributed by atoms with Gasteiger partial charge in [-0.05, 0) is 53.7 Å². The first-order chi connectivity index (χ1) is 14.6. The smallest absolute Gasteiger partial charge is 0.336 e. The average Bonchev–Trinajstić information content (AvgIpc) is 2.73. The molecule has 0 amide bonds. The maximum absolute atomic E-state index is 12.6. The molecule has 7 heteroatoms. The summed E-state index contributed by atoms with van der Waals surface area (Å²) in [6.07, 6.45) is 1.46. The van der Waals surface area contributed by atoms with E-state index in [0.29, 0.717) is 33.4 Å². The summed E-state index contributed by atoms with van der Waals surface area (Å²) in [5.74, 6) is -0.666. The van der Waals surface area contributed by atoms with Crippen LogP contribution in [0.2, 0.25) is 0 Å². The number of esters is 2. The predicted molar refractivity (Wildman–Crippen MR) is 115 cm³/mol. The van der Waals surface area contributed by atoms with Crippen LogP contribution in [0.1, 0.15) is 53.2 Å². The van der Waals surface area contributed by atoms with E-state index in [2.05, 4.69) is 0 Å². The number of ether oxygens (including phenoxy) is 3. The van der Waals surface area contributed by atoms with Gasteiger partial charge in [-0.2, -0.15) is 0 Å². The fourth-order valence-electron chi connectivity index (χ4n) is 3.28. The molecule has 1 aliphatic heterocycles. The third kappa shape index (κ3) is 4.40. The molecule has 2 heterocycles. The molecule has 0 spiro atoms. The molecular formula is C24H26O7. The van der Waals surface area contributed by atoms with Gasteiger partial charge in [-0.25, -0.2) is 14.4 Å². The molecule has 0 bridgehead atoms. The fourth-order valence-corrected chi connectivity index (χ4v) is 3.28. The van der Waals surface area contributed by atoms with Crippen molar-refractivity contribution >= 4 is 22.9 Å². The van der Waals surface area contributed by atoms with E-state index < -0.39 is 35.4 Å². The summed E-state index contributed by atoms with van der Waals surface area (Å²) in [5, 5.41) is 0.625. The van der Waals surface area contributed by atoms with Crippen LogP contribution in [0.4, 0.5) is 0 Å². The molecule has 0 N–H and O–H groups in total. The summed E-state index contributed by atoms with van der Waals surface area (Å²) in [6.45, 7) is 10.3. The third-order valence-corrected chi connectivity index (χ3v) is 5.37. The molecule has 2 aromatic rings. The van der Waals surface area contributed by atoms with Gasteiger partial charge in [-0.1, -0.05) is 12.2 Å². The van der Waals surface area contributed by atoms with Crippen molar-refractivity contribution in [3.05, 3.63) is 63.5 Å². The van der Waals surface area contributed by atoms with Gasteiger partial charge in [-0.3, -0.25) is 0 Å². The Kier molecular flexibility index (Phi) is 6.06. The van der Waals surface area contributed by atoms with Gasteiger partial charge in [0.25, 0.3) is 0 Å². The van der Waals surface area contributed by atoms with E-state index in [1.165, 1.54) is 6.07 Å². The molecule has 1 aromatic carbocycles. The molecule has 1 aromatic heterocycles. The van der Waals surface area contributed by atoms with E-state index in [9.17, 15) is 14.4 Å². The number of allylic oxidation sites excluding steroid dienone is 2. The second kappa shape index (κ2) is 8.41. The summed E-state index contributed by atoms with van der Waals surface area (Å²) < 4.78 is 23.0. The SMILES string of the molecule is CC=C(C)C(=O)O[C@@H]1c2cc3ccc(=O)oc3cc2OC(C)(C)[C@H]1OC(=O)C(C)=CC. The van der Waals surface area contributed by atoms with Crippen molar-refractivity contribution in [2.45, 2.75) is 59.4 Å². The summed E-state index contributed by atoms with van der Waals surface area (Å²) >= 11 is 0. The van der Waals surface area contributed by atoms with Crippen molar-refractivity contribution in [3.8, 4) is 5.75 Å². The molecule has 31 heavy (non-hydrogen) atoms. The Balaban J connectivity index is 2.16. The van der Waals surface area contributed by atoms with E-state index in [1.54, 1.807) is 71.9 Å². The van der Waals surface area contributed by atoms with Crippen LogP contribution in [0, 0.1) is 0 Å². The van der Waals surface area contributed by atoms with Gasteiger partial charge in [-0.15, -0.1) is 0 Å². The van der Waals surface area contributed by atoms with Crippen molar-refractivity contribution < 1.29 is 28.2 Å². The number of benzene rings is 1. The number of fused-ring (bicyclic) bond motifs is 2. The highest BCUT2D eigenvalue weighted by atomic mass is 16.6. The molecule has 0 unspecified atom stereocenters. The number of hydrogen-bond acceptors (Lipinski definition) is 7. The zero-order chi connectivity index (χ0) is 22.9. The summed E-state index contributed by atoms with van der Waals surface area (Å²) in [4.78, 5) is 36.8. The van der Waals surface area contributed by atoms with Crippen molar-refractivity contribution in [2.75, 3.05) is 0 Å². The minimum Gasteiger partial charge on any atom is -0.483 e. The standard InChI is InChI=1S/C24H26O7/c1-7-13(3)22(26)29-20-16-11-15-9-10-19(25)28-17(15)12-18(16)31-24(5,6)21(20)30-23(27)14(4)8-2/h7-12,20-21H,1-6H3/t20-,21+/m1/s1. The van der Waals surface area contributed by atoms with E-state index in [0.717, 1.165) is 0 Å². The van der Waals surface area contributed by atoms with Gasteiger partial charge in [0.1, 0.15) is 16.9 Å². The van der Waals surface area contributed by atoms with E-state index in [4.69, 9.17) is 18.6 Å². The lowest BCUT2D eigenvalue weighted by atomic mass is 9.87. The van der Waals surface area contributed by atoms with Crippen molar-refractivity contribution in [2.24, 2.45) is 0 Å². The van der Waals surface area contributed by atoms with Crippen LogP contribution in [0.5, 0.6) is 5.75 Å². The van der Waals surface area contributed by atoms with Gasteiger partial charge in [0.05, 0.1) is 0 Å². The van der Waals surface area contributed by atoms with E-state index in [1.807, 2.05) is 0 Å². The van der Waals surface area contributed by atoms with Crippen molar-refractivity contribution in [1.82, 2.24) is 0 Å². The molecule has 0 saturated carbocycles. The number of carbonyl (C=O) groups excluding carboxylic acids is 2. The highest BCUT2D eigenvalue weighted by molar-refractivity contribution is 5.89. The van der Waals surface area contributed by atoms with Gasteiger partial charge in [0.2, 0.25) is 0 Å². The molecule has 3 rings (SSSR count). The molecule has 0 radical (unpaired) electrons. The maximum Gasteiger partial charge on any atom is 0.336 e. The minimum atomic E-state index is -1.03. The van der Waals surface area contributed by atoms with E-state index in [-0.39, 0.29) is 0 Å². The topological polar surface area (TPSA) is 92.0 Å². The number of rotatable bonds is 4. The molecule has 164 valence electrons. The molecular weight excluding hydrogens is 400 g/mol. The molecule has 0 fully saturated rings. The van der Waals surface area contributed by atoms with Crippen LogP contribution in [0.15, 0.2) is 56.8 Å². The second-order valence-electron chi connectivity index (χ2n) is 7.98. The normalized spacial score (nSPS) is 20.6. The Morgan fingerprint density at radius 3 is 2.23 bits per heavy atom. The van der Waals surface area contributed by atoms with Crippen molar-refractivity contribution in [1.29, 1.82) is 0 Å². The van der Waals surface area contributed by atoms with Gasteiger partial charge in [0, 0.05) is 34.2 Å². The van der Waals surface area contributed by atoms with Crippen LogP contribution >= 0.6 is 0 Å². The Hall–Kier alpha value is -3.35. The van der Waals surface area contributed by atoms with Crippen LogP contribution < -0.4 is 10.4 Å². The van der Waals surface area contributed by atoms with Gasteiger partial charge < -0.3 is 18.6 Å². The van der Waals surface area contributed by atoms with Crippen LogP contribution in [0.3, 0.4) is 0 Å². The van der Waals surface area contributed by atoms with Crippen LogP contribution in [-0.4, -0.2) is 23.6 Å². The summed E-state index contributed by atoms with van der Waals surface area (Å²) in [6, 6.07) is 6.23. The Morgan fingerprint density at radius 2 is 1.61 bits per heavy atom. The van der Waals surface area contributed by atoms with Crippen LogP contribution in [0.25, 0.3) is 11.0 Å². The highest BCUT2D eigenvalue weighted by Crippen LogP contribution is 2.45. The first-order valence-corrected chi connectivity index (χ1v) is 10.0. The molecule has 0 saturated heterocycles. The molecule has 1 aliphatic rings. The second-order valence-corrected chi connectivity index (χ2v) is 7.98. The Bertz CT molecular complexity index is 1150. The van der Waals surface area contributed by atoms with E-state index >= 15 is 0 Å². The maximum atomic E-state index is 12.6. The Morgan fingerprint density at radius 1 is 1.00 bits per heavy atom. The van der Waals surface area contributed by atoms with Crippen molar-refractivity contribution in [3.63, 3.8) is 0 Å². The predicted octanol–water partition coefficient (Wildman–Crippen LogP) is 4.39. The minimum absolute atomic E-state index is 0.344. The Labute approximate surface area is 180 Å². The molecule has 0 aliphatic carbocycles. The van der Waals surface area contributed by atoms with Gasteiger partial charge in [0.15, 0.2) is 12.2 Å². The first kappa shape index (κ1) is 22.3. The highest BCUT2D eigenvalue weighted by Gasteiger charge is 2.49. The number of carbonyl (C=O) groups is 2. The third-order valence-electron chi connectivity index (χ3n) is 5.37. The zero-order valence-electron chi connectivity index (χ0n) is 18.5.